The van der Waals surface area contributed by atoms with Crippen LogP contribution in [0.5, 0.6) is 0 Å². The van der Waals surface area contributed by atoms with Gasteiger partial charge in [-0.2, -0.15) is 0 Å². The van der Waals surface area contributed by atoms with E-state index in [1.807, 2.05) is 0 Å². The van der Waals surface area contributed by atoms with Crippen molar-refractivity contribution in [3.8, 4) is 0 Å². The van der Waals surface area contributed by atoms with Crippen molar-refractivity contribution in [2.75, 3.05) is 6.38 Å². The Kier molecular flexibility index (Phi) is 13.8. The van der Waals surface area contributed by atoms with Crippen LogP contribution in [0, 0.1) is 0 Å². The van der Waals surface area contributed by atoms with Crippen molar-refractivity contribution in [2.24, 2.45) is 0 Å². The van der Waals surface area contributed by atoms with E-state index in [1.165, 1.54) is 20.2 Å². The molecule has 0 heterocycles. The molecule has 38 valence electrons. The van der Waals surface area contributed by atoms with Crippen LogP contribution in [0.2, 0.25) is 0 Å². The summed E-state index contributed by atoms with van der Waals surface area (Å²) in [6, 6.07) is 0. The standard InChI is InChI=1S/C3H6O.CH3Cl/c1-3(2)4;1-2/h1-2H3;1H3. The molecule has 0 unspecified atom stereocenters. The van der Waals surface area contributed by atoms with E-state index < -0.39 is 0 Å². The van der Waals surface area contributed by atoms with Crippen molar-refractivity contribution in [1.82, 2.24) is 0 Å². The second-order valence-corrected chi connectivity index (χ2v) is 0.908. The van der Waals surface area contributed by atoms with Crippen LogP contribution in [0.1, 0.15) is 13.8 Å². The average molecular weight is 109 g/mol. The number of ketones is 1. The lowest BCUT2D eigenvalue weighted by Crippen LogP contribution is -1.69. The summed E-state index contributed by atoms with van der Waals surface area (Å²) >= 11 is 4.64. The Morgan fingerprint density at radius 1 is 1.33 bits per heavy atom. The Balaban J connectivity index is 0. The van der Waals surface area contributed by atoms with E-state index in [0.717, 1.165) is 0 Å². The Labute approximate surface area is 43.3 Å². The smallest absolute Gasteiger partial charge is 0.126 e. The SMILES string of the molecule is CC(C)=O.CCl. The van der Waals surface area contributed by atoms with Crippen LogP contribution in [0.3, 0.4) is 0 Å². The van der Waals surface area contributed by atoms with Crippen LogP contribution < -0.4 is 0 Å². The largest absolute Gasteiger partial charge is 0.300 e. The highest BCUT2D eigenvalue weighted by Gasteiger charge is 1.62. The van der Waals surface area contributed by atoms with Crippen LogP contribution in [0.15, 0.2) is 0 Å². The van der Waals surface area contributed by atoms with Gasteiger partial charge < -0.3 is 4.79 Å². The second-order valence-electron chi connectivity index (χ2n) is 0.908. The van der Waals surface area contributed by atoms with Crippen LogP contribution in [0.4, 0.5) is 0 Å². The fourth-order valence-corrected chi connectivity index (χ4v) is 0. The Morgan fingerprint density at radius 2 is 1.33 bits per heavy atom. The summed E-state index contributed by atoms with van der Waals surface area (Å²) in [4.78, 5) is 9.44. The minimum atomic E-state index is 0.167. The van der Waals surface area contributed by atoms with Crippen LogP contribution >= 0.6 is 11.6 Å². The van der Waals surface area contributed by atoms with Gasteiger partial charge in [-0.1, -0.05) is 0 Å². The molecule has 0 amide bonds. The number of hydrogen-bond donors (Lipinski definition) is 0. The van der Waals surface area contributed by atoms with Gasteiger partial charge in [-0.15, -0.1) is 11.6 Å². The Morgan fingerprint density at radius 3 is 1.33 bits per heavy atom. The van der Waals surface area contributed by atoms with Gasteiger partial charge in [0, 0.05) is 6.38 Å². The van der Waals surface area contributed by atoms with Gasteiger partial charge in [0.1, 0.15) is 5.78 Å². The first-order valence-electron chi connectivity index (χ1n) is 1.58. The molecule has 0 aromatic carbocycles. The normalized spacial score (nSPS) is 5.33. The van der Waals surface area contributed by atoms with Gasteiger partial charge in [0.2, 0.25) is 0 Å². The van der Waals surface area contributed by atoms with Gasteiger partial charge in [0.25, 0.3) is 0 Å². The molecular formula is C4H9ClO. The monoisotopic (exact) mass is 108 g/mol. The van der Waals surface area contributed by atoms with Gasteiger partial charge in [-0.3, -0.25) is 0 Å². The zero-order valence-corrected chi connectivity index (χ0v) is 5.04. The molecule has 0 bridgehead atoms. The number of alkyl halides is 1. The quantitative estimate of drug-likeness (QED) is 0.430. The van der Waals surface area contributed by atoms with E-state index >= 15 is 0 Å². The van der Waals surface area contributed by atoms with Gasteiger partial charge in [-0.25, -0.2) is 0 Å². The van der Waals surface area contributed by atoms with Gasteiger partial charge in [0.05, 0.1) is 0 Å². The molecule has 0 aliphatic rings. The lowest BCUT2D eigenvalue weighted by atomic mass is 10.6. The number of rotatable bonds is 0. The molecule has 0 aromatic rings. The molecule has 0 saturated heterocycles. The summed E-state index contributed by atoms with van der Waals surface area (Å²) in [6.07, 6.45) is 1.47. The number of carbonyl (C=O) groups is 1. The minimum Gasteiger partial charge on any atom is -0.300 e. The molecule has 0 fully saturated rings. The van der Waals surface area contributed by atoms with Crippen molar-refractivity contribution in [2.45, 2.75) is 13.8 Å². The Hall–Kier alpha value is -0.0400. The number of carbonyl (C=O) groups excluding carboxylic acids is 1. The first kappa shape index (κ1) is 9.35. The van der Waals surface area contributed by atoms with Crippen molar-refractivity contribution in [1.29, 1.82) is 0 Å². The van der Waals surface area contributed by atoms with E-state index in [-0.39, 0.29) is 5.78 Å². The van der Waals surface area contributed by atoms with Gasteiger partial charge in [0.15, 0.2) is 0 Å². The maximum atomic E-state index is 9.44. The first-order valence-corrected chi connectivity index (χ1v) is 2.34. The zero-order chi connectivity index (χ0) is 5.58. The fourth-order valence-electron chi connectivity index (χ4n) is 0. The van der Waals surface area contributed by atoms with Crippen LogP contribution in [0.25, 0.3) is 0 Å². The lowest BCUT2D eigenvalue weighted by molar-refractivity contribution is -0.114. The van der Waals surface area contributed by atoms with Crippen molar-refractivity contribution < 1.29 is 4.79 Å². The third kappa shape index (κ3) is 21700. The van der Waals surface area contributed by atoms with E-state index in [0.29, 0.717) is 0 Å². The van der Waals surface area contributed by atoms with Crippen LogP contribution in [-0.4, -0.2) is 12.2 Å². The number of halogens is 1. The predicted molar refractivity (Wildman–Crippen MR) is 28.1 cm³/mol. The lowest BCUT2D eigenvalue weighted by Gasteiger charge is -1.56. The molecule has 0 spiro atoms. The van der Waals surface area contributed by atoms with Crippen molar-refractivity contribution in [3.63, 3.8) is 0 Å². The molecule has 0 aliphatic carbocycles. The second kappa shape index (κ2) is 8.88. The maximum absolute atomic E-state index is 9.44. The van der Waals surface area contributed by atoms with E-state index in [2.05, 4.69) is 11.6 Å². The number of Topliss-reactive ketones (excluding diaryl/α,β-unsaturated/α-hetero) is 1. The molecule has 6 heavy (non-hydrogen) atoms. The third-order valence-corrected chi connectivity index (χ3v) is 0. The molecule has 0 saturated carbocycles. The highest BCUT2D eigenvalue weighted by atomic mass is 35.5. The molecule has 0 aromatic heterocycles. The minimum absolute atomic E-state index is 0.167. The highest BCUT2D eigenvalue weighted by molar-refractivity contribution is 6.15. The molecule has 0 aliphatic heterocycles. The number of hydrogen-bond acceptors (Lipinski definition) is 1. The van der Waals surface area contributed by atoms with Gasteiger partial charge in [-0.05, 0) is 13.8 Å². The maximum Gasteiger partial charge on any atom is 0.126 e. The summed E-state index contributed by atoms with van der Waals surface area (Å²) < 4.78 is 0. The van der Waals surface area contributed by atoms with Crippen molar-refractivity contribution >= 4 is 17.4 Å². The topological polar surface area (TPSA) is 17.1 Å². The molecule has 0 atom stereocenters. The Bertz CT molecular complexity index is 30.5. The molecule has 1 nitrogen and oxygen atoms in total. The summed E-state index contributed by atoms with van der Waals surface area (Å²) in [5.41, 5.74) is 0. The van der Waals surface area contributed by atoms with E-state index in [4.69, 9.17) is 0 Å². The van der Waals surface area contributed by atoms with E-state index in [9.17, 15) is 4.79 Å². The summed E-state index contributed by atoms with van der Waals surface area (Å²) in [7, 11) is 0. The molecule has 0 radical (unpaired) electrons. The zero-order valence-electron chi connectivity index (χ0n) is 4.29. The summed E-state index contributed by atoms with van der Waals surface area (Å²) in [5, 5.41) is 0. The third-order valence-electron chi connectivity index (χ3n) is 0. The molecular weight excluding hydrogens is 99.5 g/mol. The average Bonchev–Trinajstić information content (AvgIpc) is 1.41. The summed E-state index contributed by atoms with van der Waals surface area (Å²) in [6.45, 7) is 3.06. The fraction of sp³-hybridized carbons (Fsp3) is 0.750. The predicted octanol–water partition coefficient (Wildman–Crippen LogP) is 1.45. The summed E-state index contributed by atoms with van der Waals surface area (Å²) in [5.74, 6) is 0.167. The molecule has 2 heteroatoms. The van der Waals surface area contributed by atoms with Crippen LogP contribution in [-0.2, 0) is 4.79 Å². The molecule has 0 N–H and O–H groups in total. The van der Waals surface area contributed by atoms with Crippen molar-refractivity contribution in [3.05, 3.63) is 0 Å². The highest BCUT2D eigenvalue weighted by Crippen LogP contribution is 1.50. The van der Waals surface area contributed by atoms with E-state index in [1.54, 1.807) is 0 Å². The molecule has 0 rings (SSSR count). The van der Waals surface area contributed by atoms with Gasteiger partial charge >= 0.3 is 0 Å². The first-order chi connectivity index (χ1) is 2.73.